The molecule has 0 unspecified atom stereocenters. The number of rotatable bonds is 7. The van der Waals surface area contributed by atoms with Gasteiger partial charge in [0, 0.05) is 9.13 Å². The van der Waals surface area contributed by atoms with Crippen molar-refractivity contribution >= 4 is 63.4 Å². The molecule has 2 rings (SSSR count). The Morgan fingerprint density at radius 2 is 1.96 bits per heavy atom. The van der Waals surface area contributed by atoms with Gasteiger partial charge >= 0.3 is 6.09 Å². The zero-order chi connectivity index (χ0) is 20.5. The van der Waals surface area contributed by atoms with Crippen LogP contribution in [0.2, 0.25) is 0 Å². The van der Waals surface area contributed by atoms with Crippen LogP contribution in [0.5, 0.6) is 5.75 Å². The maximum absolute atomic E-state index is 12.3. The molecule has 0 aliphatic carbocycles. The highest BCUT2D eigenvalue weighted by Crippen LogP contribution is 2.25. The number of nitrogens with zero attached hydrogens (tertiary/aromatic N) is 1. The van der Waals surface area contributed by atoms with Gasteiger partial charge in [-0.3, -0.25) is 4.79 Å². The minimum Gasteiger partial charge on any atom is -0.506 e. The van der Waals surface area contributed by atoms with Gasteiger partial charge in [0.25, 0.3) is 0 Å². The molecule has 2 aromatic rings. The number of benzene rings is 2. The summed E-state index contributed by atoms with van der Waals surface area (Å²) in [6.07, 6.45) is 0.773. The van der Waals surface area contributed by atoms with Crippen molar-refractivity contribution in [1.29, 1.82) is 0 Å². The molecule has 7 nitrogen and oxygen atoms in total. The van der Waals surface area contributed by atoms with E-state index in [0.29, 0.717) is 9.13 Å². The molecule has 0 radical (unpaired) electrons. The van der Waals surface area contributed by atoms with Gasteiger partial charge in [0.1, 0.15) is 5.75 Å². The van der Waals surface area contributed by atoms with Crippen LogP contribution in [0.3, 0.4) is 0 Å². The summed E-state index contributed by atoms with van der Waals surface area (Å²) in [5.74, 6) is -0.285. The van der Waals surface area contributed by atoms with Crippen molar-refractivity contribution in [1.82, 2.24) is 10.7 Å². The van der Waals surface area contributed by atoms with Gasteiger partial charge in [-0.2, -0.15) is 5.10 Å². The smallest absolute Gasteiger partial charge is 0.407 e. The van der Waals surface area contributed by atoms with E-state index in [1.165, 1.54) is 6.21 Å². The number of alkyl carbamates (subject to hydrolysis) is 1. The second kappa shape index (κ2) is 11.2. The van der Waals surface area contributed by atoms with Crippen LogP contribution in [0.15, 0.2) is 47.6 Å². The third-order valence-electron chi connectivity index (χ3n) is 3.61. The molecule has 0 aromatic heterocycles. The van der Waals surface area contributed by atoms with Gasteiger partial charge in [0.2, 0.25) is 5.91 Å². The van der Waals surface area contributed by atoms with Crippen molar-refractivity contribution in [3.05, 3.63) is 60.7 Å². The van der Waals surface area contributed by atoms with Crippen LogP contribution in [0.4, 0.5) is 4.79 Å². The minimum absolute atomic E-state index is 0.0178. The summed E-state index contributed by atoms with van der Waals surface area (Å²) in [6.45, 7) is 1.95. The molecule has 2 aromatic carbocycles. The van der Waals surface area contributed by atoms with Gasteiger partial charge < -0.3 is 15.2 Å². The zero-order valence-corrected chi connectivity index (χ0v) is 19.3. The van der Waals surface area contributed by atoms with Crippen LogP contribution in [0, 0.1) is 7.14 Å². The van der Waals surface area contributed by atoms with E-state index < -0.39 is 12.1 Å². The number of ether oxygens (including phenoxy) is 1. The lowest BCUT2D eigenvalue weighted by molar-refractivity contribution is -0.121. The van der Waals surface area contributed by atoms with Crippen molar-refractivity contribution in [2.45, 2.75) is 19.4 Å². The average molecular weight is 607 g/mol. The number of carbonyl (C=O) groups is 2. The van der Waals surface area contributed by atoms with Crippen LogP contribution in [-0.2, 0) is 9.53 Å². The molecule has 0 fully saturated rings. The molecule has 0 aliphatic heterocycles. The maximum Gasteiger partial charge on any atom is 0.407 e. The van der Waals surface area contributed by atoms with Gasteiger partial charge in [-0.1, -0.05) is 30.3 Å². The Bertz CT molecular complexity index is 860. The molecule has 3 N–H and O–H groups in total. The SMILES string of the molecule is CCOC(=O)N[C@@H](CC(=O)N/N=C\c1cc(I)cc(I)c1O)c1ccccc1. The Balaban J connectivity index is 2.04. The van der Waals surface area contributed by atoms with E-state index in [1.54, 1.807) is 13.0 Å². The number of halogens is 2. The lowest BCUT2D eigenvalue weighted by Crippen LogP contribution is -2.33. The fourth-order valence-corrected chi connectivity index (χ4v) is 4.23. The molecule has 0 spiro atoms. The van der Waals surface area contributed by atoms with E-state index in [1.807, 2.05) is 59.0 Å². The molecule has 0 saturated heterocycles. The molecule has 0 saturated carbocycles. The Morgan fingerprint density at radius 3 is 2.64 bits per heavy atom. The number of phenols is 1. The van der Waals surface area contributed by atoms with Crippen molar-refractivity contribution in [3.63, 3.8) is 0 Å². The zero-order valence-electron chi connectivity index (χ0n) is 15.0. The summed E-state index contributed by atoms with van der Waals surface area (Å²) in [5, 5.41) is 16.6. The first-order valence-corrected chi connectivity index (χ1v) is 10.5. The number of nitrogens with one attached hydrogen (secondary N) is 2. The first kappa shape index (κ1) is 22.4. The fraction of sp³-hybridized carbons (Fsp3) is 0.211. The largest absolute Gasteiger partial charge is 0.506 e. The van der Waals surface area contributed by atoms with E-state index in [-0.39, 0.29) is 24.7 Å². The summed E-state index contributed by atoms with van der Waals surface area (Å²) < 4.78 is 6.54. The number of hydrogen-bond donors (Lipinski definition) is 3. The third-order valence-corrected chi connectivity index (χ3v) is 5.05. The first-order valence-electron chi connectivity index (χ1n) is 8.38. The van der Waals surface area contributed by atoms with E-state index >= 15 is 0 Å². The fourth-order valence-electron chi connectivity index (χ4n) is 2.34. The van der Waals surface area contributed by atoms with E-state index in [2.05, 4.69) is 38.4 Å². The predicted octanol–water partition coefficient (Wildman–Crippen LogP) is 3.93. The minimum atomic E-state index is -0.592. The highest BCUT2D eigenvalue weighted by atomic mass is 127. The molecule has 1 atom stereocenters. The van der Waals surface area contributed by atoms with Gasteiger partial charge in [-0.25, -0.2) is 10.2 Å². The second-order valence-corrected chi connectivity index (χ2v) is 8.06. The lowest BCUT2D eigenvalue weighted by Gasteiger charge is -2.18. The van der Waals surface area contributed by atoms with E-state index in [4.69, 9.17) is 4.74 Å². The summed E-state index contributed by atoms with van der Waals surface area (Å²) in [5.41, 5.74) is 3.70. The number of aromatic hydroxyl groups is 1. The van der Waals surface area contributed by atoms with Gasteiger partial charge in [0.05, 0.1) is 28.9 Å². The van der Waals surface area contributed by atoms with Gasteiger partial charge in [-0.05, 0) is 69.8 Å². The summed E-state index contributed by atoms with van der Waals surface area (Å²) in [6, 6.07) is 12.2. The van der Waals surface area contributed by atoms with Crippen LogP contribution in [-0.4, -0.2) is 29.9 Å². The van der Waals surface area contributed by atoms with Gasteiger partial charge in [-0.15, -0.1) is 0 Å². The quantitative estimate of drug-likeness (QED) is 0.253. The Morgan fingerprint density at radius 1 is 1.25 bits per heavy atom. The van der Waals surface area contributed by atoms with Crippen LogP contribution in [0.25, 0.3) is 0 Å². The number of phenolic OH excluding ortho intramolecular Hbond substituents is 1. The van der Waals surface area contributed by atoms with Gasteiger partial charge in [0.15, 0.2) is 0 Å². The number of hydrogen-bond acceptors (Lipinski definition) is 5. The second-order valence-electron chi connectivity index (χ2n) is 5.65. The van der Waals surface area contributed by atoms with Crippen molar-refractivity contribution in [2.75, 3.05) is 6.61 Å². The van der Waals surface area contributed by atoms with E-state index in [9.17, 15) is 14.7 Å². The predicted molar refractivity (Wildman–Crippen MR) is 123 cm³/mol. The Hall–Kier alpha value is -1.89. The molecule has 148 valence electrons. The van der Waals surface area contributed by atoms with Crippen LogP contribution in [0.1, 0.15) is 30.5 Å². The lowest BCUT2D eigenvalue weighted by atomic mass is 10.0. The maximum atomic E-state index is 12.3. The molecule has 28 heavy (non-hydrogen) atoms. The van der Waals surface area contributed by atoms with E-state index in [0.717, 1.165) is 9.13 Å². The molecule has 0 aliphatic rings. The molecule has 9 heteroatoms. The normalized spacial score (nSPS) is 11.8. The number of amides is 2. The summed E-state index contributed by atoms with van der Waals surface area (Å²) >= 11 is 4.16. The van der Waals surface area contributed by atoms with Crippen molar-refractivity contribution < 1.29 is 19.4 Å². The summed E-state index contributed by atoms with van der Waals surface area (Å²) in [7, 11) is 0. The van der Waals surface area contributed by atoms with Crippen LogP contribution >= 0.6 is 45.2 Å². The first-order chi connectivity index (χ1) is 13.4. The molecular weight excluding hydrogens is 588 g/mol. The molecule has 0 bridgehead atoms. The number of carbonyl (C=O) groups excluding carboxylic acids is 2. The highest BCUT2D eigenvalue weighted by molar-refractivity contribution is 14.1. The Labute approximate surface area is 190 Å². The monoisotopic (exact) mass is 607 g/mol. The molecular formula is C19H19I2N3O4. The van der Waals surface area contributed by atoms with Crippen molar-refractivity contribution in [2.24, 2.45) is 5.10 Å². The average Bonchev–Trinajstić information content (AvgIpc) is 2.66. The molecule has 0 heterocycles. The molecule has 2 amide bonds. The van der Waals surface area contributed by atoms with Crippen LogP contribution < -0.4 is 10.7 Å². The highest BCUT2D eigenvalue weighted by Gasteiger charge is 2.18. The topological polar surface area (TPSA) is 100 Å². The summed E-state index contributed by atoms with van der Waals surface area (Å²) in [4.78, 5) is 24.1. The standard InChI is InChI=1S/C19H19I2N3O4/c1-2-28-19(27)23-16(12-6-4-3-5-7-12)10-17(25)24-22-11-13-8-14(20)9-15(21)18(13)26/h3-9,11,16,26H,2,10H2,1H3,(H,23,27)(H,24,25)/b22-11-/t16-/m0/s1. The Kier molecular flexibility index (Phi) is 8.96. The third kappa shape index (κ3) is 6.93. The number of hydrazone groups is 1. The van der Waals surface area contributed by atoms with Crippen molar-refractivity contribution in [3.8, 4) is 5.75 Å².